The van der Waals surface area contributed by atoms with E-state index >= 15 is 0 Å². The van der Waals surface area contributed by atoms with E-state index in [0.717, 1.165) is 11.1 Å². The van der Waals surface area contributed by atoms with E-state index in [1.54, 1.807) is 36.5 Å². The second-order valence-corrected chi connectivity index (χ2v) is 5.05. The molecule has 0 spiro atoms. The van der Waals surface area contributed by atoms with Crippen LogP contribution in [-0.4, -0.2) is 10.9 Å². The Hall–Kier alpha value is -1.84. The minimum absolute atomic E-state index is 0.269. The summed E-state index contributed by atoms with van der Waals surface area (Å²) in [6.45, 7) is 1.93. The van der Waals surface area contributed by atoms with Gasteiger partial charge in [-0.15, -0.1) is 0 Å². The third kappa shape index (κ3) is 4.08. The number of aryl methyl sites for hydroxylation is 1. The average molecular weight is 307 g/mol. The molecule has 0 saturated heterocycles. The fourth-order valence-electron chi connectivity index (χ4n) is 1.57. The van der Waals surface area contributed by atoms with E-state index in [2.05, 4.69) is 10.3 Å². The molecule has 0 aliphatic heterocycles. The molecular formula is C15H12Cl2N2O. The molecular weight excluding hydrogens is 295 g/mol. The predicted molar refractivity (Wildman–Crippen MR) is 83.1 cm³/mol. The summed E-state index contributed by atoms with van der Waals surface area (Å²) in [5.74, 6) is 0.246. The van der Waals surface area contributed by atoms with Gasteiger partial charge in [0.1, 0.15) is 5.82 Å². The van der Waals surface area contributed by atoms with Gasteiger partial charge in [0, 0.05) is 22.3 Å². The van der Waals surface area contributed by atoms with E-state index in [4.69, 9.17) is 23.2 Å². The number of halogens is 2. The molecule has 1 aromatic carbocycles. The highest BCUT2D eigenvalue weighted by atomic mass is 35.5. The van der Waals surface area contributed by atoms with Crippen molar-refractivity contribution in [2.24, 2.45) is 0 Å². The molecule has 0 saturated carbocycles. The van der Waals surface area contributed by atoms with Crippen molar-refractivity contribution in [1.29, 1.82) is 0 Å². The topological polar surface area (TPSA) is 42.0 Å². The lowest BCUT2D eigenvalue weighted by Gasteiger charge is -2.02. The largest absolute Gasteiger partial charge is 0.307 e. The molecule has 1 N–H and O–H groups in total. The van der Waals surface area contributed by atoms with Crippen LogP contribution < -0.4 is 5.32 Å². The first-order valence-electron chi connectivity index (χ1n) is 5.91. The smallest absolute Gasteiger partial charge is 0.249 e. The van der Waals surface area contributed by atoms with Gasteiger partial charge < -0.3 is 5.32 Å². The van der Waals surface area contributed by atoms with Gasteiger partial charge in [0.15, 0.2) is 0 Å². The quantitative estimate of drug-likeness (QED) is 0.857. The van der Waals surface area contributed by atoms with Gasteiger partial charge in [0.25, 0.3) is 0 Å². The van der Waals surface area contributed by atoms with Crippen molar-refractivity contribution in [2.75, 3.05) is 5.32 Å². The molecule has 1 heterocycles. The maximum Gasteiger partial charge on any atom is 0.249 e. The third-order valence-electron chi connectivity index (χ3n) is 2.54. The van der Waals surface area contributed by atoms with Crippen LogP contribution in [0.25, 0.3) is 6.08 Å². The number of hydrogen-bond donors (Lipinski definition) is 1. The standard InChI is InChI=1S/C15H12Cl2N2O/c1-10-6-7-18-14(8-10)19-15(20)5-3-11-2-4-12(16)9-13(11)17/h2-9H,1H3,(H,18,19,20). The molecule has 0 unspecified atom stereocenters. The van der Waals surface area contributed by atoms with Gasteiger partial charge in [-0.3, -0.25) is 4.79 Å². The van der Waals surface area contributed by atoms with Gasteiger partial charge in [0.2, 0.25) is 5.91 Å². The van der Waals surface area contributed by atoms with E-state index < -0.39 is 0 Å². The second kappa shape index (κ2) is 6.55. The lowest BCUT2D eigenvalue weighted by Crippen LogP contribution is -2.09. The Balaban J connectivity index is 2.06. The zero-order valence-electron chi connectivity index (χ0n) is 10.7. The van der Waals surface area contributed by atoms with Gasteiger partial charge in [-0.05, 0) is 48.4 Å². The van der Waals surface area contributed by atoms with Crippen LogP contribution in [0.5, 0.6) is 0 Å². The number of nitrogens with zero attached hydrogens (tertiary/aromatic N) is 1. The van der Waals surface area contributed by atoms with E-state index in [1.807, 2.05) is 13.0 Å². The molecule has 3 nitrogen and oxygen atoms in total. The third-order valence-corrected chi connectivity index (χ3v) is 3.11. The number of pyridine rings is 1. The van der Waals surface area contributed by atoms with E-state index in [9.17, 15) is 4.79 Å². The normalized spacial score (nSPS) is 10.8. The zero-order chi connectivity index (χ0) is 14.5. The molecule has 0 radical (unpaired) electrons. The summed E-state index contributed by atoms with van der Waals surface area (Å²) in [7, 11) is 0. The molecule has 0 fully saturated rings. The Labute approximate surface area is 127 Å². The summed E-state index contributed by atoms with van der Waals surface area (Å²) in [5, 5.41) is 3.73. The minimum Gasteiger partial charge on any atom is -0.307 e. The highest BCUT2D eigenvalue weighted by molar-refractivity contribution is 6.35. The average Bonchev–Trinajstić information content (AvgIpc) is 2.37. The number of nitrogens with one attached hydrogen (secondary N) is 1. The van der Waals surface area contributed by atoms with E-state index in [0.29, 0.717) is 15.9 Å². The van der Waals surface area contributed by atoms with Crippen molar-refractivity contribution in [2.45, 2.75) is 6.92 Å². The lowest BCUT2D eigenvalue weighted by molar-refractivity contribution is -0.111. The van der Waals surface area contributed by atoms with Crippen molar-refractivity contribution >= 4 is 41.0 Å². The molecule has 0 atom stereocenters. The highest BCUT2D eigenvalue weighted by Gasteiger charge is 2.01. The van der Waals surface area contributed by atoms with Crippen molar-refractivity contribution < 1.29 is 4.79 Å². The van der Waals surface area contributed by atoms with E-state index in [1.165, 1.54) is 6.08 Å². The van der Waals surface area contributed by atoms with Crippen LogP contribution in [0, 0.1) is 6.92 Å². The molecule has 1 amide bonds. The first-order chi connectivity index (χ1) is 9.54. The van der Waals surface area contributed by atoms with Crippen LogP contribution in [0.4, 0.5) is 5.82 Å². The van der Waals surface area contributed by atoms with Crippen molar-refractivity contribution in [3.05, 3.63) is 63.8 Å². The van der Waals surface area contributed by atoms with Crippen LogP contribution >= 0.6 is 23.2 Å². The summed E-state index contributed by atoms with van der Waals surface area (Å²) >= 11 is 11.8. The fourth-order valence-corrected chi connectivity index (χ4v) is 2.05. The Bertz CT molecular complexity index is 669. The molecule has 102 valence electrons. The van der Waals surface area contributed by atoms with Gasteiger partial charge in [-0.25, -0.2) is 4.98 Å². The second-order valence-electron chi connectivity index (χ2n) is 4.21. The summed E-state index contributed by atoms with van der Waals surface area (Å²) in [6.07, 6.45) is 4.67. The maximum absolute atomic E-state index is 11.8. The number of anilines is 1. The van der Waals surface area contributed by atoms with Crippen LogP contribution in [0.2, 0.25) is 10.0 Å². The van der Waals surface area contributed by atoms with Crippen molar-refractivity contribution in [1.82, 2.24) is 4.98 Å². The van der Waals surface area contributed by atoms with Crippen molar-refractivity contribution in [3.8, 4) is 0 Å². The molecule has 1 aromatic heterocycles. The lowest BCUT2D eigenvalue weighted by atomic mass is 10.2. The number of benzene rings is 1. The van der Waals surface area contributed by atoms with Gasteiger partial charge in [0.05, 0.1) is 0 Å². The highest BCUT2D eigenvalue weighted by Crippen LogP contribution is 2.21. The molecule has 0 aliphatic rings. The number of carbonyl (C=O) groups excluding carboxylic acids is 1. The summed E-state index contributed by atoms with van der Waals surface area (Å²) in [4.78, 5) is 15.8. The molecule has 20 heavy (non-hydrogen) atoms. The Morgan fingerprint density at radius 1 is 1.25 bits per heavy atom. The Morgan fingerprint density at radius 3 is 2.75 bits per heavy atom. The minimum atomic E-state index is -0.269. The molecule has 2 aromatic rings. The molecule has 0 bridgehead atoms. The Kier molecular flexibility index (Phi) is 4.77. The number of rotatable bonds is 3. The summed E-state index contributed by atoms with van der Waals surface area (Å²) < 4.78 is 0. The van der Waals surface area contributed by atoms with Gasteiger partial charge in [-0.2, -0.15) is 0 Å². The van der Waals surface area contributed by atoms with Crippen LogP contribution in [0.3, 0.4) is 0 Å². The number of amides is 1. The Morgan fingerprint density at radius 2 is 2.05 bits per heavy atom. The molecule has 0 aliphatic carbocycles. The number of aromatic nitrogens is 1. The van der Waals surface area contributed by atoms with Crippen molar-refractivity contribution in [3.63, 3.8) is 0 Å². The molecule has 2 rings (SSSR count). The van der Waals surface area contributed by atoms with E-state index in [-0.39, 0.29) is 5.91 Å². The van der Waals surface area contributed by atoms with Crippen LogP contribution in [-0.2, 0) is 4.79 Å². The fraction of sp³-hybridized carbons (Fsp3) is 0.0667. The van der Waals surface area contributed by atoms with Crippen LogP contribution in [0.15, 0.2) is 42.6 Å². The SMILES string of the molecule is Cc1ccnc(NC(=O)C=Cc2ccc(Cl)cc2Cl)c1. The predicted octanol–water partition coefficient (Wildman–Crippen LogP) is 4.35. The number of carbonyl (C=O) groups is 1. The maximum atomic E-state index is 11.8. The molecule has 5 heteroatoms. The van der Waals surface area contributed by atoms with Gasteiger partial charge >= 0.3 is 0 Å². The monoisotopic (exact) mass is 306 g/mol. The first kappa shape index (κ1) is 14.6. The zero-order valence-corrected chi connectivity index (χ0v) is 12.2. The summed E-state index contributed by atoms with van der Waals surface area (Å²) in [5.41, 5.74) is 1.75. The van der Waals surface area contributed by atoms with Crippen LogP contribution in [0.1, 0.15) is 11.1 Å². The summed E-state index contributed by atoms with van der Waals surface area (Å²) in [6, 6.07) is 8.75. The number of hydrogen-bond acceptors (Lipinski definition) is 2. The first-order valence-corrected chi connectivity index (χ1v) is 6.67. The van der Waals surface area contributed by atoms with Gasteiger partial charge in [-0.1, -0.05) is 29.3 Å².